The lowest BCUT2D eigenvalue weighted by Crippen LogP contribution is -2.05. The van der Waals surface area contributed by atoms with E-state index in [2.05, 4.69) is 31.0 Å². The van der Waals surface area contributed by atoms with Crippen LogP contribution < -0.4 is 0 Å². The van der Waals surface area contributed by atoms with Gasteiger partial charge in [0.05, 0.1) is 36.0 Å². The van der Waals surface area contributed by atoms with Crippen LogP contribution >= 0.6 is 0 Å². The van der Waals surface area contributed by atoms with Gasteiger partial charge < -0.3 is 9.72 Å². The first-order valence-corrected chi connectivity index (χ1v) is 6.02. The Morgan fingerprint density at radius 3 is 3.00 bits per heavy atom. The van der Waals surface area contributed by atoms with Gasteiger partial charge in [-0.15, -0.1) is 5.10 Å². The second-order valence-corrected chi connectivity index (χ2v) is 4.25. The van der Waals surface area contributed by atoms with Crippen LogP contribution in [0, 0.1) is 11.3 Å². The molecule has 3 rings (SSSR count). The summed E-state index contributed by atoms with van der Waals surface area (Å²) in [4.78, 5) is 18.9. The smallest absolute Gasteiger partial charge is 0.358 e. The van der Waals surface area contributed by atoms with E-state index in [1.54, 1.807) is 24.3 Å². The first-order chi connectivity index (χ1) is 10.2. The summed E-state index contributed by atoms with van der Waals surface area (Å²) >= 11 is 0. The van der Waals surface area contributed by atoms with Crippen LogP contribution in [0.3, 0.4) is 0 Å². The van der Waals surface area contributed by atoms with Gasteiger partial charge in [-0.3, -0.25) is 0 Å². The zero-order valence-electron chi connectivity index (χ0n) is 11.0. The summed E-state index contributed by atoms with van der Waals surface area (Å²) in [5.74, 6) is -0.0210. The molecular formula is C14H9N5O2. The summed E-state index contributed by atoms with van der Waals surface area (Å²) in [5, 5.41) is 16.4. The summed E-state index contributed by atoms with van der Waals surface area (Å²) < 4.78 is 4.61. The topological polar surface area (TPSA) is 105 Å². The Bertz CT molecular complexity index is 878. The van der Waals surface area contributed by atoms with Crippen molar-refractivity contribution >= 4 is 17.0 Å². The molecule has 0 spiro atoms. The largest absolute Gasteiger partial charge is 0.464 e. The monoisotopic (exact) mass is 279 g/mol. The van der Waals surface area contributed by atoms with Crippen molar-refractivity contribution in [1.82, 2.24) is 20.2 Å². The highest BCUT2D eigenvalue weighted by Gasteiger charge is 2.12. The van der Waals surface area contributed by atoms with Crippen LogP contribution in [0.5, 0.6) is 0 Å². The lowest BCUT2D eigenvalue weighted by atomic mass is 10.2. The lowest BCUT2D eigenvalue weighted by Gasteiger charge is -1.99. The van der Waals surface area contributed by atoms with Crippen LogP contribution in [0.2, 0.25) is 0 Å². The average Bonchev–Trinajstić information content (AvgIpc) is 2.97. The first-order valence-electron chi connectivity index (χ1n) is 6.02. The Labute approximate surface area is 119 Å². The van der Waals surface area contributed by atoms with Crippen LogP contribution in [-0.2, 0) is 4.74 Å². The quantitative estimate of drug-likeness (QED) is 0.715. The minimum absolute atomic E-state index is 0.105. The fourth-order valence-electron chi connectivity index (χ4n) is 1.92. The van der Waals surface area contributed by atoms with Crippen LogP contribution in [0.25, 0.3) is 22.4 Å². The van der Waals surface area contributed by atoms with Gasteiger partial charge in [0.1, 0.15) is 5.82 Å². The Balaban J connectivity index is 2.08. The van der Waals surface area contributed by atoms with E-state index >= 15 is 0 Å². The van der Waals surface area contributed by atoms with Gasteiger partial charge in [-0.05, 0) is 24.3 Å². The number of hydrogen-bond acceptors (Lipinski definition) is 6. The zero-order valence-corrected chi connectivity index (χ0v) is 11.0. The number of esters is 1. The SMILES string of the molecule is COC(=O)c1cc(-c2nc3ccc(C#N)cc3[nH]2)cnn1. The van der Waals surface area contributed by atoms with Crippen molar-refractivity contribution in [3.05, 3.63) is 41.7 Å². The first kappa shape index (κ1) is 12.7. The second kappa shape index (κ2) is 5.02. The molecule has 0 aliphatic rings. The van der Waals surface area contributed by atoms with Crippen molar-refractivity contribution in [3.8, 4) is 17.5 Å². The Morgan fingerprint density at radius 1 is 1.38 bits per heavy atom. The maximum absolute atomic E-state index is 11.5. The van der Waals surface area contributed by atoms with Crippen molar-refractivity contribution in [3.63, 3.8) is 0 Å². The maximum atomic E-state index is 11.5. The second-order valence-electron chi connectivity index (χ2n) is 4.25. The van der Waals surface area contributed by atoms with Gasteiger partial charge in [0.25, 0.3) is 0 Å². The number of hydrogen-bond donors (Lipinski definition) is 1. The van der Waals surface area contributed by atoms with Crippen LogP contribution in [0.1, 0.15) is 16.1 Å². The number of ether oxygens (including phenoxy) is 1. The molecule has 0 aliphatic carbocycles. The van der Waals surface area contributed by atoms with E-state index in [1.165, 1.54) is 13.3 Å². The number of fused-ring (bicyclic) bond motifs is 1. The van der Waals surface area contributed by atoms with Crippen LogP contribution in [-0.4, -0.2) is 33.2 Å². The Kier molecular flexibility index (Phi) is 3.04. The fourth-order valence-corrected chi connectivity index (χ4v) is 1.92. The van der Waals surface area contributed by atoms with E-state index in [1.807, 2.05) is 0 Å². The number of nitrogens with one attached hydrogen (secondary N) is 1. The van der Waals surface area contributed by atoms with Crippen molar-refractivity contribution < 1.29 is 9.53 Å². The molecule has 1 N–H and O–H groups in total. The fraction of sp³-hybridized carbons (Fsp3) is 0.0714. The molecule has 0 atom stereocenters. The molecule has 1 aromatic carbocycles. The third-order valence-electron chi connectivity index (χ3n) is 2.93. The molecule has 7 heteroatoms. The summed E-state index contributed by atoms with van der Waals surface area (Å²) in [6.45, 7) is 0. The highest BCUT2D eigenvalue weighted by molar-refractivity contribution is 5.88. The van der Waals surface area contributed by atoms with Crippen molar-refractivity contribution in [2.45, 2.75) is 0 Å². The molecular weight excluding hydrogens is 270 g/mol. The molecule has 0 radical (unpaired) electrons. The predicted octanol–water partition coefficient (Wildman–Crippen LogP) is 1.68. The molecule has 0 bridgehead atoms. The molecule has 2 aromatic heterocycles. The predicted molar refractivity (Wildman–Crippen MR) is 73.2 cm³/mol. The minimum atomic E-state index is -0.563. The van der Waals surface area contributed by atoms with Crippen molar-refractivity contribution in [1.29, 1.82) is 5.26 Å². The number of rotatable bonds is 2. The van der Waals surface area contributed by atoms with Gasteiger partial charge >= 0.3 is 5.97 Å². The molecule has 2 heterocycles. The number of aromatic nitrogens is 4. The van der Waals surface area contributed by atoms with Gasteiger partial charge in [0.2, 0.25) is 0 Å². The van der Waals surface area contributed by atoms with Gasteiger partial charge in [0.15, 0.2) is 5.69 Å². The van der Waals surface area contributed by atoms with Gasteiger partial charge in [-0.2, -0.15) is 10.4 Å². The standard InChI is InChI=1S/C14H9N5O2/c1-21-14(20)12-5-9(7-16-19-12)13-17-10-3-2-8(6-15)4-11(10)18-13/h2-5,7H,1H3,(H,17,18). The number of carbonyl (C=O) groups excluding carboxylic acids is 1. The normalized spacial score (nSPS) is 10.3. The number of H-pyrrole nitrogens is 1. The van der Waals surface area contributed by atoms with Gasteiger partial charge in [-0.1, -0.05) is 0 Å². The number of nitrogens with zero attached hydrogens (tertiary/aromatic N) is 4. The molecule has 0 saturated heterocycles. The molecule has 7 nitrogen and oxygen atoms in total. The Morgan fingerprint density at radius 2 is 2.24 bits per heavy atom. The van der Waals surface area contributed by atoms with E-state index in [4.69, 9.17) is 5.26 Å². The molecule has 3 aromatic rings. The number of benzene rings is 1. The summed E-state index contributed by atoms with van der Waals surface area (Å²) in [5.41, 5.74) is 2.72. The minimum Gasteiger partial charge on any atom is -0.464 e. The molecule has 21 heavy (non-hydrogen) atoms. The van der Waals surface area contributed by atoms with E-state index in [-0.39, 0.29) is 5.69 Å². The third kappa shape index (κ3) is 2.30. The highest BCUT2D eigenvalue weighted by atomic mass is 16.5. The Hall–Kier alpha value is -3.27. The van der Waals surface area contributed by atoms with Crippen molar-refractivity contribution in [2.75, 3.05) is 7.11 Å². The molecule has 0 amide bonds. The molecule has 0 aliphatic heterocycles. The summed E-state index contributed by atoms with van der Waals surface area (Å²) in [6.07, 6.45) is 1.50. The summed E-state index contributed by atoms with van der Waals surface area (Å²) in [6, 6.07) is 8.77. The van der Waals surface area contributed by atoms with Crippen LogP contribution in [0.4, 0.5) is 0 Å². The van der Waals surface area contributed by atoms with E-state index in [0.29, 0.717) is 17.0 Å². The number of methoxy groups -OCH3 is 1. The molecule has 0 saturated carbocycles. The molecule has 102 valence electrons. The highest BCUT2D eigenvalue weighted by Crippen LogP contribution is 2.21. The number of nitriles is 1. The van der Waals surface area contributed by atoms with Crippen molar-refractivity contribution in [2.24, 2.45) is 0 Å². The average molecular weight is 279 g/mol. The number of imidazole rings is 1. The molecule has 0 unspecified atom stereocenters. The zero-order chi connectivity index (χ0) is 14.8. The van der Waals surface area contributed by atoms with E-state index < -0.39 is 5.97 Å². The van der Waals surface area contributed by atoms with Gasteiger partial charge in [-0.25, -0.2) is 9.78 Å². The van der Waals surface area contributed by atoms with E-state index in [9.17, 15) is 4.79 Å². The number of carbonyl (C=O) groups is 1. The molecule has 0 fully saturated rings. The lowest BCUT2D eigenvalue weighted by molar-refractivity contribution is 0.0592. The third-order valence-corrected chi connectivity index (χ3v) is 2.93. The van der Waals surface area contributed by atoms with Gasteiger partial charge in [0, 0.05) is 5.56 Å². The summed E-state index contributed by atoms with van der Waals surface area (Å²) in [7, 11) is 1.28. The number of aromatic amines is 1. The van der Waals surface area contributed by atoms with Crippen LogP contribution in [0.15, 0.2) is 30.5 Å². The van der Waals surface area contributed by atoms with E-state index in [0.717, 1.165) is 11.0 Å². The maximum Gasteiger partial charge on any atom is 0.358 e.